The van der Waals surface area contributed by atoms with E-state index in [0.717, 1.165) is 0 Å². The minimum atomic E-state index is -4.11. The molecule has 0 fully saturated rings. The highest BCUT2D eigenvalue weighted by molar-refractivity contribution is 7.91. The summed E-state index contributed by atoms with van der Waals surface area (Å²) in [6.07, 6.45) is 1.20. The summed E-state index contributed by atoms with van der Waals surface area (Å²) in [6, 6.07) is 14.8. The molecule has 4 rings (SSSR count). The van der Waals surface area contributed by atoms with Crippen molar-refractivity contribution in [3.05, 3.63) is 87.7 Å². The summed E-state index contributed by atoms with van der Waals surface area (Å²) >= 11 is 18.0. The Morgan fingerprint density at radius 1 is 0.828 bits per heavy atom. The van der Waals surface area contributed by atoms with Crippen molar-refractivity contribution in [3.8, 4) is 11.1 Å². The lowest BCUT2D eigenvalue weighted by Gasteiger charge is -2.15. The van der Waals surface area contributed by atoms with Crippen molar-refractivity contribution in [1.29, 1.82) is 0 Å². The van der Waals surface area contributed by atoms with Gasteiger partial charge in [-0.1, -0.05) is 59.1 Å². The first-order valence-electron chi connectivity index (χ1n) is 8.32. The third-order valence-corrected chi connectivity index (χ3v) is 6.79. The summed E-state index contributed by atoms with van der Waals surface area (Å²) in [5, 5.41) is 1.23. The maximum Gasteiger partial charge on any atom is 0.208 e. The second-order valence-corrected chi connectivity index (χ2v) is 9.47. The van der Waals surface area contributed by atoms with Crippen LogP contribution in [0.5, 0.6) is 0 Å². The van der Waals surface area contributed by atoms with Crippen LogP contribution in [0.2, 0.25) is 15.1 Å². The van der Waals surface area contributed by atoms with E-state index in [4.69, 9.17) is 34.8 Å². The van der Waals surface area contributed by atoms with Crippen LogP contribution in [0.3, 0.4) is 0 Å². The van der Waals surface area contributed by atoms with Crippen LogP contribution in [-0.2, 0) is 9.84 Å². The van der Waals surface area contributed by atoms with Gasteiger partial charge in [-0.25, -0.2) is 12.8 Å². The maximum absolute atomic E-state index is 14.7. The minimum Gasteiger partial charge on any atom is -0.255 e. The number of nitrogens with zero attached hydrogens (tertiary/aromatic N) is 1. The molecule has 146 valence electrons. The monoisotopic (exact) mass is 465 g/mol. The zero-order valence-corrected chi connectivity index (χ0v) is 17.6. The van der Waals surface area contributed by atoms with Gasteiger partial charge < -0.3 is 0 Å². The molecule has 0 aliphatic rings. The maximum atomic E-state index is 14.7. The third-order valence-electron chi connectivity index (χ3n) is 4.38. The van der Waals surface area contributed by atoms with Gasteiger partial charge in [0.15, 0.2) is 0 Å². The quantitative estimate of drug-likeness (QED) is 0.332. The summed E-state index contributed by atoms with van der Waals surface area (Å²) in [5.41, 5.74) is 0.772. The molecule has 0 saturated heterocycles. The van der Waals surface area contributed by atoms with E-state index in [9.17, 15) is 12.8 Å². The summed E-state index contributed by atoms with van der Waals surface area (Å²) in [5.74, 6) is -0.560. The number of hydrogen-bond acceptors (Lipinski definition) is 3. The number of aromatic nitrogens is 1. The molecule has 1 aromatic heterocycles. The zero-order chi connectivity index (χ0) is 20.8. The Balaban J connectivity index is 2.11. The van der Waals surface area contributed by atoms with Crippen LogP contribution in [0.4, 0.5) is 4.39 Å². The van der Waals surface area contributed by atoms with Crippen LogP contribution in [-0.4, -0.2) is 13.4 Å². The van der Waals surface area contributed by atoms with Gasteiger partial charge in [0, 0.05) is 37.8 Å². The van der Waals surface area contributed by atoms with Crippen LogP contribution in [0.25, 0.3) is 22.0 Å². The first kappa shape index (κ1) is 20.1. The van der Waals surface area contributed by atoms with Crippen molar-refractivity contribution in [1.82, 2.24) is 4.98 Å². The molecule has 0 radical (unpaired) electrons. The number of fused-ring (bicyclic) bond motifs is 1. The molecule has 29 heavy (non-hydrogen) atoms. The van der Waals surface area contributed by atoms with Crippen molar-refractivity contribution < 1.29 is 12.8 Å². The van der Waals surface area contributed by atoms with E-state index in [2.05, 4.69) is 4.98 Å². The van der Waals surface area contributed by atoms with E-state index in [1.165, 1.54) is 42.6 Å². The van der Waals surface area contributed by atoms with E-state index < -0.39 is 15.7 Å². The summed E-state index contributed by atoms with van der Waals surface area (Å²) in [6.45, 7) is 0. The van der Waals surface area contributed by atoms with Crippen molar-refractivity contribution in [2.24, 2.45) is 0 Å². The number of halogens is 4. The van der Waals surface area contributed by atoms with E-state index in [1.807, 2.05) is 0 Å². The van der Waals surface area contributed by atoms with E-state index in [0.29, 0.717) is 15.9 Å². The fraction of sp³-hybridized carbons (Fsp3) is 0. The molecule has 0 unspecified atom stereocenters. The fourth-order valence-electron chi connectivity index (χ4n) is 3.10. The molecule has 4 aromatic rings. The van der Waals surface area contributed by atoms with Gasteiger partial charge in [0.2, 0.25) is 9.84 Å². The Morgan fingerprint density at radius 3 is 2.21 bits per heavy atom. The molecule has 0 saturated carbocycles. The first-order valence-corrected chi connectivity index (χ1v) is 10.9. The normalized spacial score (nSPS) is 11.7. The molecule has 0 spiro atoms. The van der Waals surface area contributed by atoms with E-state index in [-0.39, 0.29) is 31.0 Å². The van der Waals surface area contributed by atoms with Crippen LogP contribution in [0.1, 0.15) is 0 Å². The lowest BCUT2D eigenvalue weighted by molar-refractivity contribution is 0.596. The van der Waals surface area contributed by atoms with Crippen LogP contribution in [0.15, 0.2) is 76.7 Å². The van der Waals surface area contributed by atoms with Crippen molar-refractivity contribution >= 4 is 55.5 Å². The Bertz CT molecular complexity index is 1350. The molecule has 0 atom stereocenters. The van der Waals surface area contributed by atoms with Gasteiger partial charge in [0.1, 0.15) is 5.82 Å². The van der Waals surface area contributed by atoms with Gasteiger partial charge >= 0.3 is 0 Å². The zero-order valence-electron chi connectivity index (χ0n) is 14.5. The SMILES string of the molecule is O=S(=O)(c1cc(Cl)cc(Cl)c1)c1cnc2cc(Cl)ccc2c1-c1ccccc1F. The van der Waals surface area contributed by atoms with Crippen molar-refractivity contribution in [2.45, 2.75) is 9.79 Å². The van der Waals surface area contributed by atoms with E-state index >= 15 is 0 Å². The Labute approximate surface area is 181 Å². The lowest BCUT2D eigenvalue weighted by Crippen LogP contribution is -2.06. The topological polar surface area (TPSA) is 47.0 Å². The van der Waals surface area contributed by atoms with Gasteiger partial charge in [-0.15, -0.1) is 0 Å². The molecule has 8 heteroatoms. The Hall–Kier alpha value is -2.18. The van der Waals surface area contributed by atoms with Gasteiger partial charge in [-0.05, 0) is 36.4 Å². The predicted molar refractivity (Wildman–Crippen MR) is 114 cm³/mol. The fourth-order valence-corrected chi connectivity index (χ4v) is 5.42. The second-order valence-electron chi connectivity index (χ2n) is 6.25. The number of sulfone groups is 1. The predicted octanol–water partition coefficient (Wildman–Crippen LogP) is 6.83. The Kier molecular flexibility index (Phi) is 5.25. The highest BCUT2D eigenvalue weighted by Gasteiger charge is 2.26. The largest absolute Gasteiger partial charge is 0.255 e. The lowest BCUT2D eigenvalue weighted by atomic mass is 10.0. The standard InChI is InChI=1S/C21H11Cl3FNO2S/c22-12-5-6-17-19(10-12)26-11-20(21(17)16-3-1-2-4-18(16)25)29(27,28)15-8-13(23)7-14(24)9-15/h1-11H. The Morgan fingerprint density at radius 2 is 1.52 bits per heavy atom. The van der Waals surface area contributed by atoms with Crippen LogP contribution in [0, 0.1) is 5.82 Å². The summed E-state index contributed by atoms with van der Waals surface area (Å²) in [7, 11) is -4.11. The molecule has 0 aliphatic carbocycles. The van der Waals surface area contributed by atoms with Gasteiger partial charge in [-0.2, -0.15) is 0 Å². The van der Waals surface area contributed by atoms with Crippen molar-refractivity contribution in [2.75, 3.05) is 0 Å². The molecular weight excluding hydrogens is 456 g/mol. The smallest absolute Gasteiger partial charge is 0.208 e. The van der Waals surface area contributed by atoms with Gasteiger partial charge in [0.05, 0.1) is 15.3 Å². The summed E-state index contributed by atoms with van der Waals surface area (Å²) in [4.78, 5) is 3.98. The molecule has 0 amide bonds. The number of rotatable bonds is 3. The molecule has 0 N–H and O–H groups in total. The van der Waals surface area contributed by atoms with Gasteiger partial charge in [-0.3, -0.25) is 4.98 Å². The average molecular weight is 467 g/mol. The molecule has 3 nitrogen and oxygen atoms in total. The average Bonchev–Trinajstić information content (AvgIpc) is 2.66. The number of benzene rings is 3. The first-order chi connectivity index (χ1) is 13.8. The minimum absolute atomic E-state index is 0.109. The van der Waals surface area contributed by atoms with E-state index in [1.54, 1.807) is 24.3 Å². The molecule has 0 bridgehead atoms. The number of pyridine rings is 1. The van der Waals surface area contributed by atoms with Crippen LogP contribution >= 0.6 is 34.8 Å². The van der Waals surface area contributed by atoms with Crippen molar-refractivity contribution in [3.63, 3.8) is 0 Å². The molecule has 0 aliphatic heterocycles. The molecule has 1 heterocycles. The highest BCUT2D eigenvalue weighted by atomic mass is 35.5. The molecule has 3 aromatic carbocycles. The summed E-state index contributed by atoms with van der Waals surface area (Å²) < 4.78 is 41.6. The van der Waals surface area contributed by atoms with Crippen LogP contribution < -0.4 is 0 Å². The molecular formula is C21H11Cl3FNO2S. The third kappa shape index (κ3) is 3.71. The second kappa shape index (κ2) is 7.58. The van der Waals surface area contributed by atoms with Gasteiger partial charge in [0.25, 0.3) is 0 Å². The highest BCUT2D eigenvalue weighted by Crippen LogP contribution is 2.39. The number of hydrogen-bond donors (Lipinski definition) is 0.